The molecule has 1 rings (SSSR count). The second-order valence-electron chi connectivity index (χ2n) is 32.1. The first-order valence-corrected chi connectivity index (χ1v) is 39.0. The molecule has 17 nitrogen and oxygen atoms in total. The highest BCUT2D eigenvalue weighted by Crippen LogP contribution is 2.36. The summed E-state index contributed by atoms with van der Waals surface area (Å²) in [5, 5.41) is 39.3. The van der Waals surface area contributed by atoms with E-state index in [9.17, 15) is 39.3 Å². The minimum atomic E-state index is -1.83. The molecule has 0 aromatic carbocycles. The fraction of sp³-hybridized carbons (Fsp3) is 0.659. The zero-order valence-electron chi connectivity index (χ0n) is 69.2. The number of carbonyl (C=O) groups excluding carboxylic acids is 5. The predicted molar refractivity (Wildman–Crippen MR) is 432 cm³/mol. The van der Waals surface area contributed by atoms with Crippen LogP contribution in [0, 0.1) is 23.7 Å². The number of carbonyl (C=O) groups is 6. The lowest BCUT2D eigenvalue weighted by molar-refractivity contribution is -0.269. The van der Waals surface area contributed by atoms with Crippen molar-refractivity contribution in [1.29, 1.82) is 0 Å². The van der Waals surface area contributed by atoms with Crippen LogP contribution in [0.3, 0.4) is 0 Å². The van der Waals surface area contributed by atoms with E-state index < -0.39 is 122 Å². The van der Waals surface area contributed by atoms with Crippen LogP contribution in [-0.2, 0) is 43.0 Å². The van der Waals surface area contributed by atoms with Gasteiger partial charge in [-0.1, -0.05) is 154 Å². The maximum atomic E-state index is 16.1. The summed E-state index contributed by atoms with van der Waals surface area (Å²) >= 11 is 0. The molecule has 1 heterocycles. The summed E-state index contributed by atoms with van der Waals surface area (Å²) in [6.07, 6.45) is 34.6. The number of carboxylic acids is 1. The summed E-state index contributed by atoms with van der Waals surface area (Å²) in [5.74, 6) is -6.57. The van der Waals surface area contributed by atoms with Crippen molar-refractivity contribution in [1.82, 2.24) is 15.5 Å². The van der Waals surface area contributed by atoms with Gasteiger partial charge in [0.2, 0.25) is 23.6 Å². The van der Waals surface area contributed by atoms with Crippen molar-refractivity contribution < 1.29 is 58.3 Å². The second-order valence-corrected chi connectivity index (χ2v) is 32.1. The minimum absolute atomic E-state index is 0.00447. The Morgan fingerprint density at radius 2 is 0.905 bits per heavy atom. The highest BCUT2D eigenvalue weighted by Gasteiger charge is 2.48. The Morgan fingerprint density at radius 1 is 0.533 bits per heavy atom. The predicted octanol–water partition coefficient (Wildman–Crippen LogP) is 18.0. The lowest BCUT2D eigenvalue weighted by Crippen LogP contribution is -2.66. The molecule has 0 aliphatic carbocycles. The van der Waals surface area contributed by atoms with E-state index in [1.165, 1.54) is 83.4 Å². The van der Waals surface area contributed by atoms with Gasteiger partial charge in [0, 0.05) is 19.9 Å². The summed E-state index contributed by atoms with van der Waals surface area (Å²) in [5.41, 5.74) is 26.1. The molecule has 1 aliphatic rings. The number of nitrogens with two attached hydrogens (primary N) is 2. The van der Waals surface area contributed by atoms with Gasteiger partial charge in [0.25, 0.3) is 0 Å². The Labute approximate surface area is 635 Å². The number of ether oxygens (including phenoxy) is 3. The first kappa shape index (κ1) is 96.7. The van der Waals surface area contributed by atoms with Gasteiger partial charge in [-0.3, -0.25) is 34.1 Å². The number of aliphatic carboxylic acids is 1. The zero-order chi connectivity index (χ0) is 79.7. The van der Waals surface area contributed by atoms with Gasteiger partial charge < -0.3 is 51.2 Å². The maximum absolute atomic E-state index is 16.1. The van der Waals surface area contributed by atoms with E-state index in [-0.39, 0.29) is 24.2 Å². The number of amides is 4. The van der Waals surface area contributed by atoms with Gasteiger partial charge >= 0.3 is 11.9 Å². The SMILES string of the molecule is CC(=O)N[C@@H]1[C@@H](OC(C)CN(C(=O)C(C)(C)N)[C@H](CCC(=O)O)C(=O)NC(=O)[C@@H](N)CC(C)C)[C@H](O)[C@@H](COC(=O)C(C(C=C(C)CCC=C(C)CCC=C(C)C)CC=C(C)CCC=C(C)CCC=C(C)C)C(C=C(C)CCC=C(C)CCC=C(C)C)CC=C(C)CCC=C(C)CCC=C(C)C)O[C@@H]1O. The Morgan fingerprint density at radius 3 is 1.26 bits per heavy atom. The van der Waals surface area contributed by atoms with Gasteiger partial charge in [0.1, 0.15) is 37.0 Å². The van der Waals surface area contributed by atoms with E-state index in [4.69, 9.17) is 25.7 Å². The zero-order valence-corrected chi connectivity index (χ0v) is 69.2. The molecule has 4 amide bonds. The van der Waals surface area contributed by atoms with Crippen molar-refractivity contribution in [2.75, 3.05) is 13.2 Å². The monoisotopic (exact) mass is 1460 g/mol. The molecule has 1 aliphatic heterocycles. The molecule has 0 aromatic rings. The van der Waals surface area contributed by atoms with Gasteiger partial charge in [-0.25, -0.2) is 0 Å². The van der Waals surface area contributed by atoms with Crippen LogP contribution in [0.5, 0.6) is 0 Å². The molecule has 9 N–H and O–H groups in total. The van der Waals surface area contributed by atoms with Crippen molar-refractivity contribution in [3.8, 4) is 0 Å². The quantitative estimate of drug-likeness (QED) is 0.0221. The number of allylic oxidation sites excluding steroid dienone is 24. The van der Waals surface area contributed by atoms with E-state index >= 15 is 4.79 Å². The fourth-order valence-corrected chi connectivity index (χ4v) is 12.8. The average Bonchev–Trinajstić information content (AvgIpc) is 0.800. The van der Waals surface area contributed by atoms with Gasteiger partial charge in [-0.2, -0.15) is 0 Å². The molecule has 594 valence electrons. The third-order valence-corrected chi connectivity index (χ3v) is 18.9. The second kappa shape index (κ2) is 51.8. The molecule has 0 bridgehead atoms. The van der Waals surface area contributed by atoms with Crippen LogP contribution in [0.2, 0.25) is 0 Å². The minimum Gasteiger partial charge on any atom is -0.481 e. The largest absolute Gasteiger partial charge is 0.481 e. The van der Waals surface area contributed by atoms with Crippen molar-refractivity contribution in [2.24, 2.45) is 35.1 Å². The highest BCUT2D eigenvalue weighted by atomic mass is 16.6. The number of imide groups is 1. The van der Waals surface area contributed by atoms with Crippen molar-refractivity contribution in [3.63, 3.8) is 0 Å². The number of rotatable bonds is 49. The molecule has 1 fully saturated rings. The van der Waals surface area contributed by atoms with Crippen LogP contribution in [0.4, 0.5) is 0 Å². The Kier molecular flexibility index (Phi) is 47.7. The molecule has 0 radical (unpaired) electrons. The van der Waals surface area contributed by atoms with Crippen molar-refractivity contribution >= 4 is 35.6 Å². The molecule has 3 unspecified atom stereocenters. The summed E-state index contributed by atoms with van der Waals surface area (Å²) in [6.45, 7) is 42.6. The first-order valence-electron chi connectivity index (χ1n) is 39.0. The Hall–Kier alpha value is -6.34. The number of nitrogens with one attached hydrogen (secondary N) is 2. The summed E-state index contributed by atoms with van der Waals surface area (Å²) in [7, 11) is 0. The van der Waals surface area contributed by atoms with Crippen LogP contribution in [-0.4, -0.2) is 123 Å². The summed E-state index contributed by atoms with van der Waals surface area (Å²) in [4.78, 5) is 84.0. The molecule has 0 spiro atoms. The van der Waals surface area contributed by atoms with Crippen LogP contribution in [0.15, 0.2) is 140 Å². The van der Waals surface area contributed by atoms with Crippen molar-refractivity contribution in [3.05, 3.63) is 140 Å². The van der Waals surface area contributed by atoms with E-state index in [1.807, 2.05) is 13.8 Å². The third kappa shape index (κ3) is 43.3. The van der Waals surface area contributed by atoms with E-state index in [0.29, 0.717) is 12.8 Å². The smallest absolute Gasteiger partial charge is 0.310 e. The molecule has 1 saturated heterocycles. The highest BCUT2D eigenvalue weighted by molar-refractivity contribution is 6.01. The first-order chi connectivity index (χ1) is 49.1. The van der Waals surface area contributed by atoms with Gasteiger partial charge in [0.05, 0.1) is 23.6 Å². The summed E-state index contributed by atoms with van der Waals surface area (Å²) in [6, 6.07) is -4.08. The molecule has 0 saturated carbocycles. The van der Waals surface area contributed by atoms with Gasteiger partial charge in [-0.15, -0.1) is 0 Å². The lowest BCUT2D eigenvalue weighted by Gasteiger charge is -2.44. The van der Waals surface area contributed by atoms with E-state index in [2.05, 4.69) is 194 Å². The number of hydrogen-bond acceptors (Lipinski definition) is 13. The maximum Gasteiger partial charge on any atom is 0.310 e. The normalized spacial score (nSPS) is 19.2. The van der Waals surface area contributed by atoms with E-state index in [0.717, 1.165) is 119 Å². The number of esters is 1. The molecule has 0 aromatic heterocycles. The van der Waals surface area contributed by atoms with Gasteiger partial charge in [-0.05, 0) is 278 Å². The molecule has 105 heavy (non-hydrogen) atoms. The van der Waals surface area contributed by atoms with Gasteiger partial charge in [0.15, 0.2) is 6.29 Å². The standard InChI is InChI=1S/C88H145N5O12/c1-58(2)31-23-35-63(11)39-27-43-67(15)47-49-73(54-69(17)45-29-41-65(13)37-25-33-60(5)6)79(74(55-70(18)46-30-42-66(14)38-26-34-61(7)8)50-48-68(16)44-28-40-64(12)36-24-32-59(3)4)85(100)103-57-77-81(97)82(80(86(101)105-77)91-72(20)94)104-71(19)56-93(87(102)88(21,22)90)76(51-52-78(95)96)84(99)92-83(98)75(89)53-62(9)10/h31-34,39-42,47-48,54-55,62,71,73-77,79-82,86,97,101H,23-30,35-38,43-46,49-53,56-57,89-90H2,1-22H3,(H,91,94)(H,95,96)(H,92,98,99)/t71?,73?,74?,75-,76+,77+,79?,80+,81+,82+,86-/m0/s1. The van der Waals surface area contributed by atoms with Crippen LogP contribution in [0.25, 0.3) is 0 Å². The molecule has 17 heteroatoms. The van der Waals surface area contributed by atoms with Crippen LogP contribution < -0.4 is 22.1 Å². The van der Waals surface area contributed by atoms with Crippen LogP contribution in [0.1, 0.15) is 287 Å². The number of hydrogen-bond donors (Lipinski definition) is 7. The Bertz CT molecular complexity index is 2990. The number of aliphatic hydroxyl groups excluding tert-OH is 2. The molecular formula is C88H145N5O12. The fourth-order valence-electron chi connectivity index (χ4n) is 12.8. The number of carboxylic acid groups (broad SMARTS) is 1. The average molecular weight is 1470 g/mol. The topological polar surface area (TPSA) is 270 Å². The summed E-state index contributed by atoms with van der Waals surface area (Å²) < 4.78 is 19.3. The molecule has 10 atom stereocenters. The Balaban J connectivity index is 4.44. The molecular weight excluding hydrogens is 1320 g/mol. The lowest BCUT2D eigenvalue weighted by atomic mass is 9.75. The number of aliphatic hydroxyl groups is 2. The van der Waals surface area contributed by atoms with Crippen LogP contribution >= 0.6 is 0 Å². The number of nitrogens with zero attached hydrogens (tertiary/aromatic N) is 1. The third-order valence-electron chi connectivity index (χ3n) is 18.9. The van der Waals surface area contributed by atoms with E-state index in [1.54, 1.807) is 0 Å². The van der Waals surface area contributed by atoms with Crippen molar-refractivity contribution in [2.45, 2.75) is 342 Å².